The molecule has 3 rings (SSSR count). The van der Waals surface area contributed by atoms with Crippen molar-refractivity contribution < 1.29 is 9.59 Å². The number of hydrogen-bond donors (Lipinski definition) is 3. The molecule has 0 bridgehead atoms. The number of carbonyl (C=O) groups is 2. The number of carbonyl (C=O) groups excluding carboxylic acids is 2. The Kier molecular flexibility index (Phi) is 8.39. The molecular weight excluding hydrogens is 350 g/mol. The number of benzene rings is 1. The second-order valence-corrected chi connectivity index (χ2v) is 7.27. The number of anilines is 1. The Hall–Kier alpha value is -1.59. The number of piperidine rings is 1. The minimum atomic E-state index is 0. The van der Waals surface area contributed by atoms with Gasteiger partial charge in [-0.1, -0.05) is 31.4 Å². The van der Waals surface area contributed by atoms with Crippen LogP contribution in [0.15, 0.2) is 24.3 Å². The Morgan fingerprint density at radius 2 is 1.65 bits per heavy atom. The van der Waals surface area contributed by atoms with E-state index in [0.29, 0.717) is 6.54 Å². The van der Waals surface area contributed by atoms with Crippen molar-refractivity contribution in [1.29, 1.82) is 0 Å². The molecule has 0 spiro atoms. The fourth-order valence-corrected chi connectivity index (χ4v) is 3.79. The second-order valence-electron chi connectivity index (χ2n) is 7.27. The maximum atomic E-state index is 12.4. The van der Waals surface area contributed by atoms with Crippen LogP contribution in [0, 0.1) is 11.8 Å². The molecule has 1 saturated carbocycles. The summed E-state index contributed by atoms with van der Waals surface area (Å²) in [4.78, 5) is 24.6. The van der Waals surface area contributed by atoms with Crippen molar-refractivity contribution in [2.75, 3.05) is 18.4 Å². The Balaban J connectivity index is 0.00000243. The molecule has 3 N–H and O–H groups in total. The Labute approximate surface area is 162 Å². The van der Waals surface area contributed by atoms with Crippen molar-refractivity contribution in [2.24, 2.45) is 11.8 Å². The molecule has 1 heterocycles. The van der Waals surface area contributed by atoms with Crippen LogP contribution in [0.1, 0.15) is 50.5 Å². The van der Waals surface area contributed by atoms with Crippen molar-refractivity contribution in [3.63, 3.8) is 0 Å². The fraction of sp³-hybridized carbons (Fsp3) is 0.600. The van der Waals surface area contributed by atoms with E-state index in [0.717, 1.165) is 62.9 Å². The van der Waals surface area contributed by atoms with Crippen LogP contribution in [0.5, 0.6) is 0 Å². The Bertz CT molecular complexity index is 596. The monoisotopic (exact) mass is 379 g/mol. The first-order valence-electron chi connectivity index (χ1n) is 9.60. The standard InChI is InChI=1S/C20H29N3O2.ClH/c24-19(17-9-11-21-12-10-17)22-14-15-5-4-8-18(13-15)23-20(25)16-6-2-1-3-7-16;/h4-5,8,13,16-17,21H,1-3,6-7,9-12,14H2,(H,22,24)(H,23,25);1H. The predicted octanol–water partition coefficient (Wildman–Crippen LogP) is 3.24. The lowest BCUT2D eigenvalue weighted by Gasteiger charge is -2.22. The number of hydrogen-bond acceptors (Lipinski definition) is 3. The summed E-state index contributed by atoms with van der Waals surface area (Å²) >= 11 is 0. The summed E-state index contributed by atoms with van der Waals surface area (Å²) in [5.41, 5.74) is 1.84. The molecule has 6 heteroatoms. The van der Waals surface area contributed by atoms with Gasteiger partial charge in [0.05, 0.1) is 0 Å². The van der Waals surface area contributed by atoms with Crippen LogP contribution in [0.4, 0.5) is 5.69 Å². The first-order chi connectivity index (χ1) is 12.2. The summed E-state index contributed by atoms with van der Waals surface area (Å²) in [7, 11) is 0. The summed E-state index contributed by atoms with van der Waals surface area (Å²) < 4.78 is 0. The van der Waals surface area contributed by atoms with E-state index in [1.54, 1.807) is 0 Å². The van der Waals surface area contributed by atoms with Gasteiger partial charge in [0.1, 0.15) is 0 Å². The van der Waals surface area contributed by atoms with Gasteiger partial charge in [0.15, 0.2) is 0 Å². The van der Waals surface area contributed by atoms with Crippen molar-refractivity contribution in [3.8, 4) is 0 Å². The van der Waals surface area contributed by atoms with Crippen LogP contribution < -0.4 is 16.0 Å². The lowest BCUT2D eigenvalue weighted by atomic mass is 9.88. The number of halogens is 1. The molecule has 0 atom stereocenters. The molecule has 2 fully saturated rings. The Morgan fingerprint density at radius 3 is 2.38 bits per heavy atom. The molecular formula is C20H30ClN3O2. The van der Waals surface area contributed by atoms with E-state index in [9.17, 15) is 9.59 Å². The quantitative estimate of drug-likeness (QED) is 0.735. The van der Waals surface area contributed by atoms with Crippen LogP contribution in [0.25, 0.3) is 0 Å². The summed E-state index contributed by atoms with van der Waals surface area (Å²) in [6.45, 7) is 2.34. The first kappa shape index (κ1) is 20.7. The van der Waals surface area contributed by atoms with E-state index >= 15 is 0 Å². The molecule has 26 heavy (non-hydrogen) atoms. The summed E-state index contributed by atoms with van der Waals surface area (Å²) in [5.74, 6) is 0.543. The fourth-order valence-electron chi connectivity index (χ4n) is 3.79. The van der Waals surface area contributed by atoms with E-state index in [1.807, 2.05) is 24.3 Å². The smallest absolute Gasteiger partial charge is 0.227 e. The van der Waals surface area contributed by atoms with Gasteiger partial charge in [0.2, 0.25) is 11.8 Å². The molecule has 2 aliphatic rings. The summed E-state index contributed by atoms with van der Waals surface area (Å²) in [6, 6.07) is 7.80. The van der Waals surface area contributed by atoms with Crippen LogP contribution in [0.3, 0.4) is 0 Å². The molecule has 1 aliphatic carbocycles. The van der Waals surface area contributed by atoms with Crippen LogP contribution in [-0.4, -0.2) is 24.9 Å². The van der Waals surface area contributed by atoms with Crippen molar-refractivity contribution in [2.45, 2.75) is 51.5 Å². The molecule has 1 aromatic carbocycles. The minimum absolute atomic E-state index is 0. The van der Waals surface area contributed by atoms with Gasteiger partial charge in [0, 0.05) is 24.1 Å². The second kappa shape index (κ2) is 10.5. The highest BCUT2D eigenvalue weighted by Gasteiger charge is 2.22. The summed E-state index contributed by atoms with van der Waals surface area (Å²) in [6.07, 6.45) is 7.36. The van der Waals surface area contributed by atoms with Crippen molar-refractivity contribution >= 4 is 29.9 Å². The van der Waals surface area contributed by atoms with Gasteiger partial charge in [-0.3, -0.25) is 9.59 Å². The molecule has 0 unspecified atom stereocenters. The van der Waals surface area contributed by atoms with Gasteiger partial charge in [0.25, 0.3) is 0 Å². The van der Waals surface area contributed by atoms with E-state index < -0.39 is 0 Å². The van der Waals surface area contributed by atoms with Gasteiger partial charge in [-0.2, -0.15) is 0 Å². The molecule has 1 aromatic rings. The van der Waals surface area contributed by atoms with Gasteiger partial charge in [-0.05, 0) is 56.5 Å². The third-order valence-corrected chi connectivity index (χ3v) is 5.35. The van der Waals surface area contributed by atoms with Gasteiger partial charge in [-0.15, -0.1) is 12.4 Å². The lowest BCUT2D eigenvalue weighted by molar-refractivity contribution is -0.126. The Morgan fingerprint density at radius 1 is 0.962 bits per heavy atom. The number of rotatable bonds is 5. The zero-order chi connectivity index (χ0) is 17.5. The molecule has 2 amide bonds. The highest BCUT2D eigenvalue weighted by molar-refractivity contribution is 5.92. The molecule has 1 aliphatic heterocycles. The highest BCUT2D eigenvalue weighted by atomic mass is 35.5. The molecule has 5 nitrogen and oxygen atoms in total. The zero-order valence-corrected chi connectivity index (χ0v) is 16.1. The molecule has 0 radical (unpaired) electrons. The number of nitrogens with one attached hydrogen (secondary N) is 3. The molecule has 144 valence electrons. The molecule has 1 saturated heterocycles. The van der Waals surface area contributed by atoms with Crippen LogP contribution in [-0.2, 0) is 16.1 Å². The van der Waals surface area contributed by atoms with E-state index in [4.69, 9.17) is 0 Å². The third-order valence-electron chi connectivity index (χ3n) is 5.35. The molecule has 0 aromatic heterocycles. The van der Waals surface area contributed by atoms with Crippen molar-refractivity contribution in [1.82, 2.24) is 10.6 Å². The normalized spacial score (nSPS) is 18.6. The van der Waals surface area contributed by atoms with Gasteiger partial charge < -0.3 is 16.0 Å². The van der Waals surface area contributed by atoms with Crippen molar-refractivity contribution in [3.05, 3.63) is 29.8 Å². The number of amides is 2. The maximum absolute atomic E-state index is 12.4. The van der Waals surface area contributed by atoms with E-state index in [1.165, 1.54) is 6.42 Å². The largest absolute Gasteiger partial charge is 0.352 e. The van der Waals surface area contributed by atoms with E-state index in [2.05, 4.69) is 16.0 Å². The topological polar surface area (TPSA) is 70.2 Å². The average Bonchev–Trinajstić information content (AvgIpc) is 2.68. The predicted molar refractivity (Wildman–Crippen MR) is 106 cm³/mol. The lowest BCUT2D eigenvalue weighted by Crippen LogP contribution is -2.37. The highest BCUT2D eigenvalue weighted by Crippen LogP contribution is 2.25. The van der Waals surface area contributed by atoms with E-state index in [-0.39, 0.29) is 36.1 Å². The zero-order valence-electron chi connectivity index (χ0n) is 15.3. The maximum Gasteiger partial charge on any atom is 0.227 e. The minimum Gasteiger partial charge on any atom is -0.352 e. The van der Waals surface area contributed by atoms with Gasteiger partial charge in [-0.25, -0.2) is 0 Å². The average molecular weight is 380 g/mol. The summed E-state index contributed by atoms with van der Waals surface area (Å²) in [5, 5.41) is 9.35. The van der Waals surface area contributed by atoms with Crippen LogP contribution >= 0.6 is 12.4 Å². The SMILES string of the molecule is Cl.O=C(NCc1cccc(NC(=O)C2CCCCC2)c1)C1CCNCC1. The third kappa shape index (κ3) is 5.99. The van der Waals surface area contributed by atoms with Crippen LogP contribution in [0.2, 0.25) is 0 Å². The van der Waals surface area contributed by atoms with Gasteiger partial charge >= 0.3 is 0 Å². The first-order valence-corrected chi connectivity index (χ1v) is 9.60.